The van der Waals surface area contributed by atoms with Crippen LogP contribution in [0, 0.1) is 12.7 Å². The minimum Gasteiger partial charge on any atom is -0.453 e. The van der Waals surface area contributed by atoms with E-state index in [9.17, 15) is 9.59 Å². The van der Waals surface area contributed by atoms with Gasteiger partial charge in [-0.05, 0) is 24.6 Å². The predicted molar refractivity (Wildman–Crippen MR) is 110 cm³/mol. The number of ether oxygens (including phenoxy) is 2. The van der Waals surface area contributed by atoms with E-state index in [2.05, 4.69) is 15.3 Å². The number of methoxy groups -OCH3 is 1. The molecule has 0 aliphatic carbocycles. The van der Waals surface area contributed by atoms with Gasteiger partial charge in [0.1, 0.15) is 17.0 Å². The molecular weight excluding hydrogens is 405 g/mol. The number of H-pyrrole nitrogens is 1. The van der Waals surface area contributed by atoms with E-state index in [-0.39, 0.29) is 17.4 Å². The maximum Gasteiger partial charge on any atom is 0.409 e. The van der Waals surface area contributed by atoms with Gasteiger partial charge in [0.2, 0.25) is 0 Å². The number of fused-ring (bicyclic) bond motifs is 1. The zero-order valence-electron chi connectivity index (χ0n) is 17.6. The Hall–Kier alpha value is -3.40. The molecule has 3 aromatic heterocycles. The first-order valence-electron chi connectivity index (χ1n) is 9.94. The standard InChI is InChI=1S/C21H24FN5O4/c1-12-4-5-27-15(9-13-11-26(6-7-31-13)21(29)30-3)18(25-16(27)8-12)19-17(22)14(10-24-19)20(28)23-2/h4-5,8,10,13,24H,6-7,9,11H2,1-3H3,(H,23,28). The van der Waals surface area contributed by atoms with E-state index < -0.39 is 17.8 Å². The summed E-state index contributed by atoms with van der Waals surface area (Å²) in [5, 5.41) is 2.43. The van der Waals surface area contributed by atoms with Crippen molar-refractivity contribution >= 4 is 17.6 Å². The zero-order chi connectivity index (χ0) is 22.1. The third-order valence-electron chi connectivity index (χ3n) is 5.40. The highest BCUT2D eigenvalue weighted by molar-refractivity contribution is 5.95. The molecule has 1 aliphatic heterocycles. The number of amides is 2. The van der Waals surface area contributed by atoms with Crippen molar-refractivity contribution in [1.82, 2.24) is 24.6 Å². The minimum atomic E-state index is -0.665. The summed E-state index contributed by atoms with van der Waals surface area (Å²) in [6.45, 7) is 3.12. The quantitative estimate of drug-likeness (QED) is 0.662. The lowest BCUT2D eigenvalue weighted by molar-refractivity contribution is -0.0241. The lowest BCUT2D eigenvalue weighted by atomic mass is 10.1. The molecule has 4 heterocycles. The second kappa shape index (κ2) is 8.38. The average Bonchev–Trinajstić information content (AvgIpc) is 3.32. The van der Waals surface area contributed by atoms with Crippen molar-refractivity contribution in [2.45, 2.75) is 19.4 Å². The molecule has 2 N–H and O–H groups in total. The summed E-state index contributed by atoms with van der Waals surface area (Å²) in [5.74, 6) is -1.19. The Kier molecular flexibility index (Phi) is 5.64. The molecule has 0 radical (unpaired) electrons. The number of rotatable bonds is 4. The first-order chi connectivity index (χ1) is 14.9. The van der Waals surface area contributed by atoms with Crippen molar-refractivity contribution in [3.8, 4) is 11.4 Å². The van der Waals surface area contributed by atoms with Gasteiger partial charge in [-0.15, -0.1) is 0 Å². The summed E-state index contributed by atoms with van der Waals surface area (Å²) in [4.78, 5) is 33.0. The van der Waals surface area contributed by atoms with Crippen LogP contribution in [0.2, 0.25) is 0 Å². The molecule has 2 amide bonds. The van der Waals surface area contributed by atoms with Crippen LogP contribution >= 0.6 is 0 Å². The van der Waals surface area contributed by atoms with Crippen LogP contribution in [0.4, 0.5) is 9.18 Å². The number of pyridine rings is 1. The van der Waals surface area contributed by atoms with E-state index >= 15 is 4.39 Å². The molecule has 9 nitrogen and oxygen atoms in total. The number of morpholine rings is 1. The Morgan fingerprint density at radius 3 is 3.00 bits per heavy atom. The van der Waals surface area contributed by atoms with Gasteiger partial charge in [-0.3, -0.25) is 4.79 Å². The van der Waals surface area contributed by atoms with Gasteiger partial charge in [0.05, 0.1) is 37.6 Å². The van der Waals surface area contributed by atoms with Crippen molar-refractivity contribution in [2.24, 2.45) is 0 Å². The number of carbonyl (C=O) groups is 2. The molecule has 164 valence electrons. The van der Waals surface area contributed by atoms with E-state index in [0.717, 1.165) is 11.3 Å². The highest BCUT2D eigenvalue weighted by Crippen LogP contribution is 2.29. The van der Waals surface area contributed by atoms with Gasteiger partial charge < -0.3 is 29.1 Å². The van der Waals surface area contributed by atoms with Crippen LogP contribution in [0.15, 0.2) is 24.5 Å². The Morgan fingerprint density at radius 1 is 1.45 bits per heavy atom. The van der Waals surface area contributed by atoms with Gasteiger partial charge in [-0.2, -0.15) is 0 Å². The van der Waals surface area contributed by atoms with Crippen molar-refractivity contribution in [2.75, 3.05) is 33.9 Å². The van der Waals surface area contributed by atoms with Gasteiger partial charge in [0.25, 0.3) is 5.91 Å². The second-order valence-electron chi connectivity index (χ2n) is 7.42. The fourth-order valence-electron chi connectivity index (χ4n) is 3.82. The van der Waals surface area contributed by atoms with E-state index in [1.165, 1.54) is 20.4 Å². The van der Waals surface area contributed by atoms with Crippen LogP contribution in [0.5, 0.6) is 0 Å². The number of aromatic nitrogens is 3. The van der Waals surface area contributed by atoms with Crippen molar-refractivity contribution < 1.29 is 23.5 Å². The molecule has 1 unspecified atom stereocenters. The average molecular weight is 429 g/mol. The number of hydrogen-bond acceptors (Lipinski definition) is 5. The van der Waals surface area contributed by atoms with Crippen LogP contribution < -0.4 is 5.32 Å². The molecule has 0 bridgehead atoms. The van der Waals surface area contributed by atoms with Crippen LogP contribution in [0.1, 0.15) is 21.6 Å². The summed E-state index contributed by atoms with van der Waals surface area (Å²) in [6.07, 6.45) is 2.87. The van der Waals surface area contributed by atoms with Crippen molar-refractivity contribution in [3.05, 3.63) is 47.2 Å². The number of nitrogens with zero attached hydrogens (tertiary/aromatic N) is 3. The van der Waals surface area contributed by atoms with Crippen LogP contribution in [-0.4, -0.2) is 71.2 Å². The summed E-state index contributed by atoms with van der Waals surface area (Å²) in [6, 6.07) is 3.83. The minimum absolute atomic E-state index is 0.0810. The van der Waals surface area contributed by atoms with Gasteiger partial charge in [0, 0.05) is 32.4 Å². The topological polar surface area (TPSA) is 101 Å². The summed E-state index contributed by atoms with van der Waals surface area (Å²) < 4.78 is 27.7. The van der Waals surface area contributed by atoms with Gasteiger partial charge in [0.15, 0.2) is 5.82 Å². The highest BCUT2D eigenvalue weighted by atomic mass is 19.1. The first kappa shape index (κ1) is 20.9. The maximum atomic E-state index is 15.1. The van der Waals surface area contributed by atoms with E-state index in [4.69, 9.17) is 9.47 Å². The fraction of sp³-hybridized carbons (Fsp3) is 0.381. The Balaban J connectivity index is 1.75. The molecule has 1 saturated heterocycles. The Morgan fingerprint density at radius 2 is 2.26 bits per heavy atom. The Bertz CT molecular complexity index is 1140. The van der Waals surface area contributed by atoms with Crippen LogP contribution in [-0.2, 0) is 15.9 Å². The van der Waals surface area contributed by atoms with Crippen molar-refractivity contribution in [1.29, 1.82) is 0 Å². The molecule has 0 saturated carbocycles. The van der Waals surface area contributed by atoms with Gasteiger partial charge >= 0.3 is 6.09 Å². The lowest BCUT2D eigenvalue weighted by Gasteiger charge is -2.32. The summed E-state index contributed by atoms with van der Waals surface area (Å²) >= 11 is 0. The highest BCUT2D eigenvalue weighted by Gasteiger charge is 2.29. The van der Waals surface area contributed by atoms with E-state index in [1.807, 2.05) is 29.7 Å². The lowest BCUT2D eigenvalue weighted by Crippen LogP contribution is -2.46. The molecule has 0 aromatic carbocycles. The third kappa shape index (κ3) is 3.86. The number of aryl methyl sites for hydroxylation is 1. The number of nitrogens with one attached hydrogen (secondary N) is 2. The van der Waals surface area contributed by atoms with Crippen LogP contribution in [0.3, 0.4) is 0 Å². The first-order valence-corrected chi connectivity index (χ1v) is 9.94. The second-order valence-corrected chi connectivity index (χ2v) is 7.42. The molecule has 10 heteroatoms. The molecule has 3 aromatic rings. The molecule has 31 heavy (non-hydrogen) atoms. The number of hydrogen-bond donors (Lipinski definition) is 2. The molecule has 4 rings (SSSR count). The van der Waals surface area contributed by atoms with E-state index in [0.29, 0.717) is 37.5 Å². The monoisotopic (exact) mass is 429 g/mol. The molecule has 1 atom stereocenters. The molecule has 1 aliphatic rings. The van der Waals surface area contributed by atoms with Crippen LogP contribution in [0.25, 0.3) is 17.0 Å². The summed E-state index contributed by atoms with van der Waals surface area (Å²) in [5.41, 5.74) is 2.84. The Labute approximate surface area is 178 Å². The van der Waals surface area contributed by atoms with E-state index in [1.54, 1.807) is 4.90 Å². The van der Waals surface area contributed by atoms with Crippen molar-refractivity contribution in [3.63, 3.8) is 0 Å². The predicted octanol–water partition coefficient (Wildman–Crippen LogP) is 2.15. The SMILES string of the molecule is CNC(=O)c1c[nH]c(-c2nc3cc(C)ccn3c2CC2CN(C(=O)OC)CCO2)c1F. The number of aromatic amines is 1. The zero-order valence-corrected chi connectivity index (χ0v) is 17.6. The smallest absolute Gasteiger partial charge is 0.409 e. The molecular formula is C21H24FN5O4. The fourth-order valence-corrected chi connectivity index (χ4v) is 3.82. The normalized spacial score (nSPS) is 16.5. The number of carbonyl (C=O) groups excluding carboxylic acids is 2. The third-order valence-corrected chi connectivity index (χ3v) is 5.40. The summed E-state index contributed by atoms with van der Waals surface area (Å²) in [7, 11) is 2.79. The molecule has 1 fully saturated rings. The largest absolute Gasteiger partial charge is 0.453 e. The number of imidazole rings is 1. The number of halogens is 1. The van der Waals surface area contributed by atoms with Gasteiger partial charge in [-0.25, -0.2) is 14.2 Å². The molecule has 0 spiro atoms. The maximum absolute atomic E-state index is 15.1. The van der Waals surface area contributed by atoms with Gasteiger partial charge in [-0.1, -0.05) is 0 Å².